The quantitative estimate of drug-likeness (QED) is 0.411. The van der Waals surface area contributed by atoms with Crippen LogP contribution in [0.15, 0.2) is 54.7 Å². The summed E-state index contributed by atoms with van der Waals surface area (Å²) in [4.78, 5) is 29.0. The number of carboxylic acids is 1. The second-order valence-corrected chi connectivity index (χ2v) is 9.11. The minimum absolute atomic E-state index is 0.215. The highest BCUT2D eigenvalue weighted by Gasteiger charge is 2.28. The van der Waals surface area contributed by atoms with Gasteiger partial charge >= 0.3 is 12.0 Å². The maximum atomic E-state index is 12.2. The first kappa shape index (κ1) is 21.3. The highest BCUT2D eigenvalue weighted by atomic mass is 35.5. The van der Waals surface area contributed by atoms with E-state index in [0.29, 0.717) is 35.2 Å². The fourth-order valence-electron chi connectivity index (χ4n) is 3.74. The van der Waals surface area contributed by atoms with E-state index in [1.54, 1.807) is 35.6 Å². The van der Waals surface area contributed by atoms with Crippen LogP contribution in [0.25, 0.3) is 10.4 Å². The normalized spacial score (nSPS) is 18.4. The molecule has 0 aliphatic heterocycles. The molecule has 3 aromatic rings. The molecule has 160 valence electrons. The number of anilines is 2. The molecular weight excluding hydrogens is 434 g/mol. The minimum atomic E-state index is -0.686. The van der Waals surface area contributed by atoms with Gasteiger partial charge in [0.2, 0.25) is 0 Å². The van der Waals surface area contributed by atoms with Gasteiger partial charge in [-0.3, -0.25) is 4.79 Å². The van der Waals surface area contributed by atoms with Crippen molar-refractivity contribution in [2.45, 2.75) is 31.6 Å². The molecule has 2 amide bonds. The number of nitrogens with zero attached hydrogens (tertiary/aromatic N) is 1. The molecule has 4 rings (SSSR count). The summed E-state index contributed by atoms with van der Waals surface area (Å²) in [7, 11) is 0. The SMILES string of the molecule is O=C(Nc1ccc(Cl)cc1)Nc1ccc(-c2cnc(C3CCC(C(=O)O)CC3)s2)cc1. The molecule has 1 heterocycles. The standard InChI is InChI=1S/C23H22ClN3O3S/c24-17-7-11-19(12-8-17)27-23(30)26-18-9-5-14(6-10-18)20-13-25-21(31-20)15-1-3-16(4-2-15)22(28)29/h5-13,15-16H,1-4H2,(H,28,29)(H2,26,27,30). The molecule has 1 saturated carbocycles. The maximum absolute atomic E-state index is 12.2. The summed E-state index contributed by atoms with van der Waals surface area (Å²) in [6, 6.07) is 14.2. The molecule has 0 saturated heterocycles. The number of hydrogen-bond donors (Lipinski definition) is 3. The molecule has 0 bridgehead atoms. The van der Waals surface area contributed by atoms with Crippen molar-refractivity contribution in [2.75, 3.05) is 10.6 Å². The Hall–Kier alpha value is -2.90. The van der Waals surface area contributed by atoms with E-state index in [9.17, 15) is 9.59 Å². The first-order chi connectivity index (χ1) is 15.0. The van der Waals surface area contributed by atoms with E-state index in [-0.39, 0.29) is 11.9 Å². The number of hydrogen-bond acceptors (Lipinski definition) is 4. The summed E-state index contributed by atoms with van der Waals surface area (Å²) < 4.78 is 0. The molecule has 0 radical (unpaired) electrons. The summed E-state index contributed by atoms with van der Waals surface area (Å²) >= 11 is 7.51. The van der Waals surface area contributed by atoms with Gasteiger partial charge in [-0.1, -0.05) is 23.7 Å². The number of nitrogens with one attached hydrogen (secondary N) is 2. The summed E-state index contributed by atoms with van der Waals surface area (Å²) in [6.45, 7) is 0. The van der Waals surface area contributed by atoms with Gasteiger partial charge in [-0.2, -0.15) is 0 Å². The molecular formula is C23H22ClN3O3S. The number of rotatable bonds is 5. The Kier molecular flexibility index (Phi) is 6.53. The van der Waals surface area contributed by atoms with Gasteiger partial charge in [-0.05, 0) is 67.6 Å². The third-order valence-electron chi connectivity index (χ3n) is 5.48. The third-order valence-corrected chi connectivity index (χ3v) is 6.94. The minimum Gasteiger partial charge on any atom is -0.481 e. The number of carbonyl (C=O) groups excluding carboxylic acids is 1. The van der Waals surface area contributed by atoms with E-state index in [0.717, 1.165) is 28.3 Å². The average Bonchev–Trinajstić information content (AvgIpc) is 3.26. The zero-order valence-corrected chi connectivity index (χ0v) is 18.2. The Balaban J connectivity index is 1.35. The highest BCUT2D eigenvalue weighted by molar-refractivity contribution is 7.15. The van der Waals surface area contributed by atoms with Crippen molar-refractivity contribution in [1.82, 2.24) is 4.98 Å². The van der Waals surface area contributed by atoms with Gasteiger partial charge in [0, 0.05) is 28.5 Å². The van der Waals surface area contributed by atoms with Crippen LogP contribution in [0.1, 0.15) is 36.6 Å². The van der Waals surface area contributed by atoms with E-state index in [1.165, 1.54) is 0 Å². The second-order valence-electron chi connectivity index (χ2n) is 7.61. The van der Waals surface area contributed by atoms with E-state index < -0.39 is 5.97 Å². The number of aromatic nitrogens is 1. The van der Waals surface area contributed by atoms with Crippen LogP contribution in [0.2, 0.25) is 5.02 Å². The van der Waals surface area contributed by atoms with Crippen molar-refractivity contribution in [3.05, 3.63) is 64.8 Å². The average molecular weight is 456 g/mol. The summed E-state index contributed by atoms with van der Waals surface area (Å²) in [5.41, 5.74) is 2.38. The van der Waals surface area contributed by atoms with E-state index >= 15 is 0 Å². The van der Waals surface area contributed by atoms with Gasteiger partial charge < -0.3 is 15.7 Å². The molecule has 0 unspecified atom stereocenters. The lowest BCUT2D eigenvalue weighted by Crippen LogP contribution is -2.20. The van der Waals surface area contributed by atoms with Crippen molar-refractivity contribution in [3.63, 3.8) is 0 Å². The van der Waals surface area contributed by atoms with Crippen LogP contribution in [0, 0.1) is 5.92 Å². The Morgan fingerprint density at radius 1 is 0.935 bits per heavy atom. The number of thiazole rings is 1. The van der Waals surface area contributed by atoms with Gasteiger partial charge in [0.05, 0.1) is 15.8 Å². The second kappa shape index (κ2) is 9.49. The number of benzene rings is 2. The van der Waals surface area contributed by atoms with Crippen LogP contribution in [0.3, 0.4) is 0 Å². The zero-order valence-electron chi connectivity index (χ0n) is 16.7. The highest BCUT2D eigenvalue weighted by Crippen LogP contribution is 2.39. The molecule has 2 aromatic carbocycles. The number of amides is 2. The van der Waals surface area contributed by atoms with Crippen LogP contribution >= 0.6 is 22.9 Å². The molecule has 1 aromatic heterocycles. The van der Waals surface area contributed by atoms with Crippen molar-refractivity contribution in [1.29, 1.82) is 0 Å². The van der Waals surface area contributed by atoms with Gasteiger partial charge in [-0.25, -0.2) is 9.78 Å². The Labute approximate surface area is 189 Å². The van der Waals surface area contributed by atoms with Crippen LogP contribution in [-0.2, 0) is 4.79 Å². The van der Waals surface area contributed by atoms with Gasteiger partial charge in [0.25, 0.3) is 0 Å². The first-order valence-corrected chi connectivity index (χ1v) is 11.3. The van der Waals surface area contributed by atoms with Crippen LogP contribution < -0.4 is 10.6 Å². The number of aliphatic carboxylic acids is 1. The Bertz CT molecular complexity index is 1060. The molecule has 1 aliphatic carbocycles. The largest absolute Gasteiger partial charge is 0.481 e. The number of halogens is 1. The van der Waals surface area contributed by atoms with Crippen molar-refractivity contribution in [3.8, 4) is 10.4 Å². The number of carbonyl (C=O) groups is 2. The molecule has 6 nitrogen and oxygen atoms in total. The van der Waals surface area contributed by atoms with Gasteiger partial charge in [-0.15, -0.1) is 11.3 Å². The number of urea groups is 1. The predicted molar refractivity (Wildman–Crippen MR) is 124 cm³/mol. The topological polar surface area (TPSA) is 91.3 Å². The van der Waals surface area contributed by atoms with Crippen molar-refractivity contribution < 1.29 is 14.7 Å². The Morgan fingerprint density at radius 3 is 2.10 bits per heavy atom. The fourth-order valence-corrected chi connectivity index (χ4v) is 4.96. The maximum Gasteiger partial charge on any atom is 0.323 e. The van der Waals surface area contributed by atoms with E-state index in [4.69, 9.17) is 16.7 Å². The van der Waals surface area contributed by atoms with Crippen LogP contribution in [0.4, 0.5) is 16.2 Å². The molecule has 0 spiro atoms. The summed E-state index contributed by atoms with van der Waals surface area (Å²) in [5, 5.41) is 16.4. The Morgan fingerprint density at radius 2 is 1.52 bits per heavy atom. The molecule has 3 N–H and O–H groups in total. The third kappa shape index (κ3) is 5.42. The van der Waals surface area contributed by atoms with Crippen LogP contribution in [0.5, 0.6) is 0 Å². The predicted octanol–water partition coefficient (Wildman–Crippen LogP) is 6.47. The molecule has 1 fully saturated rings. The first-order valence-electron chi connectivity index (χ1n) is 10.1. The summed E-state index contributed by atoms with van der Waals surface area (Å²) in [6.07, 6.45) is 5.05. The van der Waals surface area contributed by atoms with Crippen LogP contribution in [-0.4, -0.2) is 22.1 Å². The molecule has 31 heavy (non-hydrogen) atoms. The van der Waals surface area contributed by atoms with Crippen molar-refractivity contribution in [2.24, 2.45) is 5.92 Å². The number of carboxylic acid groups (broad SMARTS) is 1. The van der Waals surface area contributed by atoms with Gasteiger partial charge in [0.1, 0.15) is 0 Å². The zero-order chi connectivity index (χ0) is 21.8. The molecule has 0 atom stereocenters. The van der Waals surface area contributed by atoms with E-state index in [2.05, 4.69) is 15.6 Å². The fraction of sp³-hybridized carbons (Fsp3) is 0.261. The van der Waals surface area contributed by atoms with Gasteiger partial charge in [0.15, 0.2) is 0 Å². The summed E-state index contributed by atoms with van der Waals surface area (Å²) in [5.74, 6) is -0.562. The van der Waals surface area contributed by atoms with E-state index in [1.807, 2.05) is 30.5 Å². The lowest BCUT2D eigenvalue weighted by molar-refractivity contribution is -0.142. The lowest BCUT2D eigenvalue weighted by Gasteiger charge is -2.24. The monoisotopic (exact) mass is 455 g/mol. The van der Waals surface area contributed by atoms with Crippen molar-refractivity contribution >= 4 is 46.3 Å². The smallest absolute Gasteiger partial charge is 0.323 e. The lowest BCUT2D eigenvalue weighted by atomic mass is 9.82. The molecule has 1 aliphatic rings. The molecule has 8 heteroatoms.